The van der Waals surface area contributed by atoms with Crippen LogP contribution in [0.3, 0.4) is 0 Å². The molecule has 0 radical (unpaired) electrons. The van der Waals surface area contributed by atoms with Crippen LogP contribution in [-0.2, 0) is 4.74 Å². The van der Waals surface area contributed by atoms with Gasteiger partial charge < -0.3 is 4.74 Å². The van der Waals surface area contributed by atoms with Gasteiger partial charge in [-0.25, -0.2) is 9.18 Å². The fourth-order valence-corrected chi connectivity index (χ4v) is 1.39. The van der Waals surface area contributed by atoms with Crippen LogP contribution in [0.4, 0.5) is 4.39 Å². The van der Waals surface area contributed by atoms with Gasteiger partial charge in [0.05, 0.1) is 12.2 Å². The average Bonchev–Trinajstić information content (AvgIpc) is 3.02. The van der Waals surface area contributed by atoms with Gasteiger partial charge >= 0.3 is 5.97 Å². The van der Waals surface area contributed by atoms with Crippen molar-refractivity contribution in [3.8, 4) is 0 Å². The lowest BCUT2D eigenvalue weighted by Gasteiger charge is -2.03. The maximum absolute atomic E-state index is 12.6. The van der Waals surface area contributed by atoms with Crippen molar-refractivity contribution >= 4 is 5.97 Å². The second kappa shape index (κ2) is 4.43. The zero-order valence-corrected chi connectivity index (χ0v) is 8.41. The van der Waals surface area contributed by atoms with Gasteiger partial charge in [-0.2, -0.15) is 0 Å². The third-order valence-electron chi connectivity index (χ3n) is 2.54. The van der Waals surface area contributed by atoms with Crippen LogP contribution < -0.4 is 0 Å². The first-order chi connectivity index (χ1) is 7.25. The van der Waals surface area contributed by atoms with Gasteiger partial charge in [-0.05, 0) is 36.6 Å². The summed E-state index contributed by atoms with van der Waals surface area (Å²) in [6.07, 6.45) is 3.47. The van der Waals surface area contributed by atoms with Crippen molar-refractivity contribution in [3.63, 3.8) is 0 Å². The standard InChI is InChI=1S/C12H13FO2/c13-11-5-3-10(4-6-11)12(14)15-8-7-9-1-2-9/h3-6,9H,1-2,7-8H2. The molecule has 0 atom stereocenters. The summed E-state index contributed by atoms with van der Waals surface area (Å²) in [5.74, 6) is 0.0474. The largest absolute Gasteiger partial charge is 0.462 e. The van der Waals surface area contributed by atoms with E-state index in [0.717, 1.165) is 12.3 Å². The van der Waals surface area contributed by atoms with Crippen molar-refractivity contribution in [2.24, 2.45) is 5.92 Å². The average molecular weight is 208 g/mol. The van der Waals surface area contributed by atoms with Gasteiger partial charge in [-0.1, -0.05) is 12.8 Å². The Bertz CT molecular complexity index is 341. The summed E-state index contributed by atoms with van der Waals surface area (Å²) in [4.78, 5) is 11.4. The fourth-order valence-electron chi connectivity index (χ4n) is 1.39. The molecule has 0 unspecified atom stereocenters. The summed E-state index contributed by atoms with van der Waals surface area (Å²) >= 11 is 0. The minimum absolute atomic E-state index is 0.343. The third-order valence-corrected chi connectivity index (χ3v) is 2.54. The van der Waals surface area contributed by atoms with Crippen LogP contribution in [0.1, 0.15) is 29.6 Å². The van der Waals surface area contributed by atoms with Gasteiger partial charge in [0.25, 0.3) is 0 Å². The number of ether oxygens (including phenoxy) is 1. The lowest BCUT2D eigenvalue weighted by molar-refractivity contribution is 0.0495. The van der Waals surface area contributed by atoms with Crippen LogP contribution in [0.5, 0.6) is 0 Å². The second-order valence-electron chi connectivity index (χ2n) is 3.87. The predicted molar refractivity (Wildman–Crippen MR) is 54.0 cm³/mol. The summed E-state index contributed by atoms with van der Waals surface area (Å²) in [5, 5.41) is 0. The first kappa shape index (κ1) is 10.1. The van der Waals surface area contributed by atoms with Crippen LogP contribution in [0.25, 0.3) is 0 Å². The Hall–Kier alpha value is -1.38. The number of hydrogen-bond donors (Lipinski definition) is 0. The van der Waals surface area contributed by atoms with Gasteiger partial charge in [0.15, 0.2) is 0 Å². The number of benzene rings is 1. The fraction of sp³-hybridized carbons (Fsp3) is 0.417. The Labute approximate surface area is 88.1 Å². The van der Waals surface area contributed by atoms with Crippen molar-refractivity contribution in [2.45, 2.75) is 19.3 Å². The summed E-state index contributed by atoms with van der Waals surface area (Å²) in [6, 6.07) is 5.40. The van der Waals surface area contributed by atoms with E-state index in [9.17, 15) is 9.18 Å². The maximum atomic E-state index is 12.6. The van der Waals surface area contributed by atoms with Gasteiger partial charge in [0, 0.05) is 0 Å². The highest BCUT2D eigenvalue weighted by atomic mass is 19.1. The molecule has 1 aromatic rings. The smallest absolute Gasteiger partial charge is 0.338 e. The van der Waals surface area contributed by atoms with E-state index < -0.39 is 0 Å². The lowest BCUT2D eigenvalue weighted by atomic mass is 10.2. The highest BCUT2D eigenvalue weighted by Crippen LogP contribution is 2.32. The third kappa shape index (κ3) is 3.05. The molecule has 0 spiro atoms. The summed E-state index contributed by atoms with van der Waals surface area (Å²) < 4.78 is 17.6. The summed E-state index contributed by atoms with van der Waals surface area (Å²) in [6.45, 7) is 0.473. The number of rotatable bonds is 4. The minimum Gasteiger partial charge on any atom is -0.462 e. The highest BCUT2D eigenvalue weighted by Gasteiger charge is 2.21. The number of carbonyl (C=O) groups excluding carboxylic acids is 1. The number of carbonyl (C=O) groups is 1. The minimum atomic E-state index is -0.365. The quantitative estimate of drug-likeness (QED) is 0.711. The number of hydrogen-bond acceptors (Lipinski definition) is 2. The van der Waals surface area contributed by atoms with Gasteiger partial charge in [-0.15, -0.1) is 0 Å². The SMILES string of the molecule is O=C(OCCC1CC1)c1ccc(F)cc1. The molecule has 0 bridgehead atoms. The molecule has 0 amide bonds. The molecule has 0 saturated heterocycles. The van der Waals surface area contributed by atoms with Crippen LogP contribution in [0.2, 0.25) is 0 Å². The Balaban J connectivity index is 1.81. The van der Waals surface area contributed by atoms with Crippen LogP contribution >= 0.6 is 0 Å². The first-order valence-corrected chi connectivity index (χ1v) is 5.18. The predicted octanol–water partition coefficient (Wildman–Crippen LogP) is 2.78. The van der Waals surface area contributed by atoms with Crippen LogP contribution in [-0.4, -0.2) is 12.6 Å². The van der Waals surface area contributed by atoms with Crippen LogP contribution in [0, 0.1) is 11.7 Å². The van der Waals surface area contributed by atoms with E-state index in [1.165, 1.54) is 37.1 Å². The molecule has 0 heterocycles. The van der Waals surface area contributed by atoms with Crippen molar-refractivity contribution in [1.82, 2.24) is 0 Å². The van der Waals surface area contributed by atoms with E-state index in [1.807, 2.05) is 0 Å². The van der Waals surface area contributed by atoms with Crippen LogP contribution in [0.15, 0.2) is 24.3 Å². The zero-order valence-electron chi connectivity index (χ0n) is 8.41. The molecule has 1 aliphatic rings. The molecule has 2 rings (SSSR count). The highest BCUT2D eigenvalue weighted by molar-refractivity contribution is 5.89. The van der Waals surface area contributed by atoms with Crippen molar-refractivity contribution in [1.29, 1.82) is 0 Å². The molecule has 15 heavy (non-hydrogen) atoms. The first-order valence-electron chi connectivity index (χ1n) is 5.18. The van der Waals surface area contributed by atoms with Gasteiger partial charge in [-0.3, -0.25) is 0 Å². The van der Waals surface area contributed by atoms with Gasteiger partial charge in [0.1, 0.15) is 5.82 Å². The maximum Gasteiger partial charge on any atom is 0.338 e. The normalized spacial score (nSPS) is 15.0. The summed E-state index contributed by atoms with van der Waals surface area (Å²) in [7, 11) is 0. The molecule has 2 nitrogen and oxygen atoms in total. The van der Waals surface area contributed by atoms with Crippen molar-refractivity contribution in [3.05, 3.63) is 35.6 Å². The van der Waals surface area contributed by atoms with E-state index in [4.69, 9.17) is 4.74 Å². The van der Waals surface area contributed by atoms with E-state index >= 15 is 0 Å². The van der Waals surface area contributed by atoms with E-state index in [1.54, 1.807) is 0 Å². The number of esters is 1. The Morgan fingerprint density at radius 2 is 2.00 bits per heavy atom. The zero-order chi connectivity index (χ0) is 10.7. The van der Waals surface area contributed by atoms with Gasteiger partial charge in [0.2, 0.25) is 0 Å². The molecular weight excluding hydrogens is 195 g/mol. The second-order valence-corrected chi connectivity index (χ2v) is 3.87. The molecule has 0 aliphatic heterocycles. The molecule has 1 fully saturated rings. The van der Waals surface area contributed by atoms with E-state index in [-0.39, 0.29) is 11.8 Å². The molecular formula is C12H13FO2. The molecule has 1 aromatic carbocycles. The molecule has 0 N–H and O–H groups in total. The Morgan fingerprint density at radius 3 is 2.60 bits per heavy atom. The van der Waals surface area contributed by atoms with E-state index in [2.05, 4.69) is 0 Å². The van der Waals surface area contributed by atoms with E-state index in [0.29, 0.717) is 12.2 Å². The number of halogens is 1. The Kier molecular flexibility index (Phi) is 2.99. The van der Waals surface area contributed by atoms with Crippen molar-refractivity contribution < 1.29 is 13.9 Å². The Morgan fingerprint density at radius 1 is 1.33 bits per heavy atom. The lowest BCUT2D eigenvalue weighted by Crippen LogP contribution is -2.06. The molecule has 3 heteroatoms. The molecule has 80 valence electrons. The molecule has 1 saturated carbocycles. The monoisotopic (exact) mass is 208 g/mol. The topological polar surface area (TPSA) is 26.3 Å². The van der Waals surface area contributed by atoms with Crippen molar-refractivity contribution in [2.75, 3.05) is 6.61 Å². The molecule has 0 aromatic heterocycles. The molecule has 1 aliphatic carbocycles. The summed E-state index contributed by atoms with van der Waals surface area (Å²) in [5.41, 5.74) is 0.409.